The molecular weight excluding hydrogens is 297 g/mol. The second-order valence-corrected chi connectivity index (χ2v) is 5.96. The maximum atomic E-state index is 14.0. The van der Waals surface area contributed by atoms with Crippen LogP contribution in [0.2, 0.25) is 0 Å². The van der Waals surface area contributed by atoms with Gasteiger partial charge in [-0.2, -0.15) is 0 Å². The first kappa shape index (κ1) is 15.3. The van der Waals surface area contributed by atoms with Crippen LogP contribution in [0.15, 0.2) is 36.7 Å². The lowest BCUT2D eigenvalue weighted by atomic mass is 9.98. The standard InChI is InChI=1S/C17H18FN3O2/c1-10-8-21(9-14(10)16(19)22)17(23)13-7-20-6-12(13)11-4-2-3-5-15(11)18/h2-7,10,14,20H,8-9H2,1H3,(H2,19,22)/t10-,14-/m1/s1. The van der Waals surface area contributed by atoms with Crippen molar-refractivity contribution in [2.45, 2.75) is 6.92 Å². The van der Waals surface area contributed by atoms with Crippen LogP contribution in [-0.2, 0) is 4.79 Å². The van der Waals surface area contributed by atoms with Crippen LogP contribution >= 0.6 is 0 Å². The van der Waals surface area contributed by atoms with Gasteiger partial charge >= 0.3 is 0 Å². The summed E-state index contributed by atoms with van der Waals surface area (Å²) in [6.07, 6.45) is 3.17. The Morgan fingerprint density at radius 3 is 2.61 bits per heavy atom. The van der Waals surface area contributed by atoms with Gasteiger partial charge in [-0.3, -0.25) is 9.59 Å². The number of aromatic nitrogens is 1. The van der Waals surface area contributed by atoms with Crippen molar-refractivity contribution in [2.75, 3.05) is 13.1 Å². The highest BCUT2D eigenvalue weighted by Gasteiger charge is 2.36. The van der Waals surface area contributed by atoms with Crippen LogP contribution < -0.4 is 5.73 Å². The number of nitrogens with one attached hydrogen (secondary N) is 1. The van der Waals surface area contributed by atoms with Gasteiger partial charge in [-0.25, -0.2) is 4.39 Å². The van der Waals surface area contributed by atoms with E-state index in [1.54, 1.807) is 35.5 Å². The zero-order chi connectivity index (χ0) is 16.6. The second-order valence-electron chi connectivity index (χ2n) is 5.96. The van der Waals surface area contributed by atoms with Crippen molar-refractivity contribution in [2.24, 2.45) is 17.6 Å². The van der Waals surface area contributed by atoms with Gasteiger partial charge in [0.1, 0.15) is 5.82 Å². The van der Waals surface area contributed by atoms with Gasteiger partial charge in [0.2, 0.25) is 5.91 Å². The number of aromatic amines is 1. The lowest BCUT2D eigenvalue weighted by Crippen LogP contribution is -2.32. The lowest BCUT2D eigenvalue weighted by Gasteiger charge is -2.16. The fraction of sp³-hybridized carbons (Fsp3) is 0.294. The van der Waals surface area contributed by atoms with Crippen molar-refractivity contribution in [3.8, 4) is 11.1 Å². The number of nitrogens with zero attached hydrogens (tertiary/aromatic N) is 1. The van der Waals surface area contributed by atoms with Crippen molar-refractivity contribution in [3.63, 3.8) is 0 Å². The molecular formula is C17H18FN3O2. The first-order valence-corrected chi connectivity index (χ1v) is 7.49. The predicted molar refractivity (Wildman–Crippen MR) is 83.9 cm³/mol. The molecule has 1 saturated heterocycles. The highest BCUT2D eigenvalue weighted by atomic mass is 19.1. The molecule has 3 rings (SSSR count). The van der Waals surface area contributed by atoms with Crippen LogP contribution in [0.3, 0.4) is 0 Å². The van der Waals surface area contributed by atoms with E-state index in [-0.39, 0.29) is 23.6 Å². The van der Waals surface area contributed by atoms with Gasteiger partial charge in [0, 0.05) is 36.6 Å². The van der Waals surface area contributed by atoms with Crippen molar-refractivity contribution in [3.05, 3.63) is 48.0 Å². The van der Waals surface area contributed by atoms with E-state index in [0.29, 0.717) is 29.8 Å². The minimum Gasteiger partial charge on any atom is -0.369 e. The normalized spacial score (nSPS) is 20.7. The van der Waals surface area contributed by atoms with E-state index in [9.17, 15) is 14.0 Å². The Hall–Kier alpha value is -2.63. The van der Waals surface area contributed by atoms with Crippen molar-refractivity contribution in [1.82, 2.24) is 9.88 Å². The van der Waals surface area contributed by atoms with Crippen molar-refractivity contribution < 1.29 is 14.0 Å². The van der Waals surface area contributed by atoms with Crippen LogP contribution in [0.5, 0.6) is 0 Å². The van der Waals surface area contributed by atoms with Crippen LogP contribution in [-0.4, -0.2) is 34.8 Å². The third kappa shape index (κ3) is 2.72. The first-order chi connectivity index (χ1) is 11.0. The Bertz CT molecular complexity index is 756. The van der Waals surface area contributed by atoms with Crippen LogP contribution in [0.25, 0.3) is 11.1 Å². The number of benzene rings is 1. The van der Waals surface area contributed by atoms with Crippen molar-refractivity contribution in [1.29, 1.82) is 0 Å². The van der Waals surface area contributed by atoms with E-state index in [1.165, 1.54) is 6.07 Å². The maximum absolute atomic E-state index is 14.0. The zero-order valence-electron chi connectivity index (χ0n) is 12.8. The Balaban J connectivity index is 1.90. The van der Waals surface area contributed by atoms with Gasteiger partial charge in [0.15, 0.2) is 0 Å². The summed E-state index contributed by atoms with van der Waals surface area (Å²) in [5.74, 6) is -1.32. The van der Waals surface area contributed by atoms with Crippen LogP contribution in [0.1, 0.15) is 17.3 Å². The Morgan fingerprint density at radius 2 is 1.96 bits per heavy atom. The third-order valence-electron chi connectivity index (χ3n) is 4.40. The molecule has 6 heteroatoms. The summed E-state index contributed by atoms with van der Waals surface area (Å²) in [6.45, 7) is 2.67. The Labute approximate surface area is 133 Å². The molecule has 5 nitrogen and oxygen atoms in total. The van der Waals surface area contributed by atoms with Crippen LogP contribution in [0, 0.1) is 17.7 Å². The fourth-order valence-electron chi connectivity index (χ4n) is 3.12. The smallest absolute Gasteiger partial charge is 0.256 e. The maximum Gasteiger partial charge on any atom is 0.256 e. The van der Waals surface area contributed by atoms with Gasteiger partial charge in [0.05, 0.1) is 11.5 Å². The molecule has 120 valence electrons. The Morgan fingerprint density at radius 1 is 1.22 bits per heavy atom. The quantitative estimate of drug-likeness (QED) is 0.909. The largest absolute Gasteiger partial charge is 0.369 e. The monoisotopic (exact) mass is 315 g/mol. The van der Waals surface area contributed by atoms with Gasteiger partial charge in [-0.1, -0.05) is 25.1 Å². The molecule has 0 spiro atoms. The number of hydrogen-bond acceptors (Lipinski definition) is 2. The number of carbonyl (C=O) groups is 2. The highest BCUT2D eigenvalue weighted by molar-refractivity contribution is 6.01. The van der Waals surface area contributed by atoms with E-state index in [2.05, 4.69) is 4.98 Å². The van der Waals surface area contributed by atoms with E-state index in [0.717, 1.165) is 0 Å². The third-order valence-corrected chi connectivity index (χ3v) is 4.40. The minimum atomic E-state index is -0.392. The molecule has 0 radical (unpaired) electrons. The summed E-state index contributed by atoms with van der Waals surface area (Å²) in [6, 6.07) is 6.32. The van der Waals surface area contributed by atoms with Gasteiger partial charge in [-0.05, 0) is 12.0 Å². The molecule has 2 atom stereocenters. The summed E-state index contributed by atoms with van der Waals surface area (Å²) in [5, 5.41) is 0. The number of likely N-dealkylation sites (tertiary alicyclic amines) is 1. The molecule has 1 aliphatic rings. The van der Waals surface area contributed by atoms with Gasteiger partial charge in [-0.15, -0.1) is 0 Å². The SMILES string of the molecule is C[C@@H]1CN(C(=O)c2c[nH]cc2-c2ccccc2F)C[C@H]1C(N)=O. The fourth-order valence-corrected chi connectivity index (χ4v) is 3.12. The highest BCUT2D eigenvalue weighted by Crippen LogP contribution is 2.30. The Kier molecular flexibility index (Phi) is 3.90. The molecule has 2 heterocycles. The summed E-state index contributed by atoms with van der Waals surface area (Å²) >= 11 is 0. The topological polar surface area (TPSA) is 79.2 Å². The molecule has 1 aromatic heterocycles. The van der Waals surface area contributed by atoms with Gasteiger partial charge in [0.25, 0.3) is 5.91 Å². The summed E-state index contributed by atoms with van der Waals surface area (Å²) in [7, 11) is 0. The zero-order valence-corrected chi connectivity index (χ0v) is 12.8. The molecule has 0 bridgehead atoms. The van der Waals surface area contributed by atoms with Crippen molar-refractivity contribution >= 4 is 11.8 Å². The minimum absolute atomic E-state index is 0.0207. The average molecular weight is 315 g/mol. The number of nitrogens with two attached hydrogens (primary N) is 1. The molecule has 0 aliphatic carbocycles. The molecule has 23 heavy (non-hydrogen) atoms. The predicted octanol–water partition coefficient (Wildman–Crippen LogP) is 2.01. The molecule has 0 saturated carbocycles. The van der Waals surface area contributed by atoms with Gasteiger partial charge < -0.3 is 15.6 Å². The molecule has 1 aromatic carbocycles. The number of primary amides is 1. The van der Waals surface area contributed by atoms with E-state index >= 15 is 0 Å². The molecule has 3 N–H and O–H groups in total. The summed E-state index contributed by atoms with van der Waals surface area (Å²) in [4.78, 5) is 28.7. The number of halogens is 1. The number of hydrogen-bond donors (Lipinski definition) is 2. The molecule has 2 amide bonds. The number of amides is 2. The molecule has 1 fully saturated rings. The number of carbonyl (C=O) groups excluding carboxylic acids is 2. The molecule has 1 aliphatic heterocycles. The van der Waals surface area contributed by atoms with E-state index in [1.807, 2.05) is 6.92 Å². The van der Waals surface area contributed by atoms with E-state index in [4.69, 9.17) is 5.73 Å². The van der Waals surface area contributed by atoms with E-state index < -0.39 is 5.91 Å². The summed E-state index contributed by atoms with van der Waals surface area (Å²) < 4.78 is 14.0. The molecule has 0 unspecified atom stereocenters. The lowest BCUT2D eigenvalue weighted by molar-refractivity contribution is -0.122. The first-order valence-electron chi connectivity index (χ1n) is 7.49. The number of rotatable bonds is 3. The summed E-state index contributed by atoms with van der Waals surface area (Å²) in [5.41, 5.74) is 6.66. The second kappa shape index (κ2) is 5.87. The number of H-pyrrole nitrogens is 1. The van der Waals surface area contributed by atoms with Crippen LogP contribution in [0.4, 0.5) is 4.39 Å². The molecule has 2 aromatic rings. The average Bonchev–Trinajstić information content (AvgIpc) is 3.13.